The summed E-state index contributed by atoms with van der Waals surface area (Å²) >= 11 is 0. The van der Waals surface area contributed by atoms with Gasteiger partial charge < -0.3 is 5.32 Å². The molecule has 1 atom stereocenters. The lowest BCUT2D eigenvalue weighted by Crippen LogP contribution is -2.34. The number of hydrogen-bond acceptors (Lipinski definition) is 2. The summed E-state index contributed by atoms with van der Waals surface area (Å²) in [6.45, 7) is 1.99. The molecule has 4 nitrogen and oxygen atoms in total. The average molecular weight is 337 g/mol. The van der Waals surface area contributed by atoms with E-state index in [9.17, 15) is 9.18 Å². The molecule has 0 fully saturated rings. The van der Waals surface area contributed by atoms with Crippen LogP contribution >= 0.6 is 0 Å². The lowest BCUT2D eigenvalue weighted by Gasteiger charge is -2.15. The lowest BCUT2D eigenvalue weighted by molar-refractivity contribution is 0.0931. The van der Waals surface area contributed by atoms with Crippen LogP contribution in [-0.2, 0) is 6.42 Å². The highest BCUT2D eigenvalue weighted by Crippen LogP contribution is 2.13. The minimum absolute atomic E-state index is 0.0317. The van der Waals surface area contributed by atoms with Crippen molar-refractivity contribution in [2.75, 3.05) is 0 Å². The van der Waals surface area contributed by atoms with Gasteiger partial charge in [-0.25, -0.2) is 9.37 Å². The van der Waals surface area contributed by atoms with Crippen molar-refractivity contribution in [1.82, 2.24) is 14.9 Å². The van der Waals surface area contributed by atoms with Crippen LogP contribution < -0.4 is 5.32 Å². The fraction of sp³-hybridized carbons (Fsp3) is 0.200. The van der Waals surface area contributed by atoms with Crippen molar-refractivity contribution in [3.05, 3.63) is 84.2 Å². The fourth-order valence-corrected chi connectivity index (χ4v) is 2.67. The number of benzene rings is 2. The standard InChI is InChI=1S/C20H20FN3O/c1-15(7-8-16-5-3-2-4-6-16)23-20(25)19-13-22-14-24(19)18-11-9-17(21)10-12-18/h2-6,9-15H,7-8H2,1H3,(H,23,25). The molecular weight excluding hydrogens is 317 g/mol. The molecule has 1 N–H and O–H groups in total. The molecule has 25 heavy (non-hydrogen) atoms. The van der Waals surface area contributed by atoms with Gasteiger partial charge in [0.1, 0.15) is 11.5 Å². The van der Waals surface area contributed by atoms with Crippen LogP contribution in [0, 0.1) is 5.82 Å². The number of carbonyl (C=O) groups excluding carboxylic acids is 1. The van der Waals surface area contributed by atoms with Crippen molar-refractivity contribution in [3.63, 3.8) is 0 Å². The molecule has 0 aliphatic heterocycles. The highest BCUT2D eigenvalue weighted by molar-refractivity contribution is 5.93. The van der Waals surface area contributed by atoms with E-state index < -0.39 is 0 Å². The van der Waals surface area contributed by atoms with Gasteiger partial charge in [0.15, 0.2) is 0 Å². The third kappa shape index (κ3) is 4.32. The number of imidazole rings is 1. The molecule has 0 aliphatic carbocycles. The zero-order chi connectivity index (χ0) is 17.6. The van der Waals surface area contributed by atoms with Gasteiger partial charge in [-0.2, -0.15) is 0 Å². The van der Waals surface area contributed by atoms with Crippen LogP contribution in [0.1, 0.15) is 29.4 Å². The number of aromatic nitrogens is 2. The van der Waals surface area contributed by atoms with Crippen LogP contribution in [0.4, 0.5) is 4.39 Å². The van der Waals surface area contributed by atoms with Crippen LogP contribution in [0.3, 0.4) is 0 Å². The second-order valence-electron chi connectivity index (χ2n) is 6.02. The zero-order valence-corrected chi connectivity index (χ0v) is 14.0. The molecule has 1 heterocycles. The molecule has 128 valence electrons. The van der Waals surface area contributed by atoms with Gasteiger partial charge in [0.05, 0.1) is 12.5 Å². The summed E-state index contributed by atoms with van der Waals surface area (Å²) in [5.74, 6) is -0.508. The van der Waals surface area contributed by atoms with Gasteiger partial charge in [0, 0.05) is 11.7 Å². The number of amides is 1. The largest absolute Gasteiger partial charge is 0.348 e. The molecule has 1 unspecified atom stereocenters. The monoisotopic (exact) mass is 337 g/mol. The Kier molecular flexibility index (Phi) is 5.23. The van der Waals surface area contributed by atoms with E-state index in [0.717, 1.165) is 12.8 Å². The molecule has 0 spiro atoms. The number of halogens is 1. The molecule has 2 aromatic carbocycles. The second-order valence-corrected chi connectivity index (χ2v) is 6.02. The van der Waals surface area contributed by atoms with Crippen molar-refractivity contribution in [1.29, 1.82) is 0 Å². The van der Waals surface area contributed by atoms with Gasteiger partial charge in [-0.15, -0.1) is 0 Å². The van der Waals surface area contributed by atoms with Crippen molar-refractivity contribution in [2.45, 2.75) is 25.8 Å². The molecule has 1 aromatic heterocycles. The summed E-state index contributed by atoms with van der Waals surface area (Å²) in [5.41, 5.74) is 2.37. The Hall–Kier alpha value is -2.95. The second kappa shape index (κ2) is 7.75. The average Bonchev–Trinajstić information content (AvgIpc) is 3.11. The van der Waals surface area contributed by atoms with E-state index >= 15 is 0 Å². The first-order chi connectivity index (χ1) is 12.1. The minimum Gasteiger partial charge on any atom is -0.348 e. The Labute approximate surface area is 146 Å². The number of aryl methyl sites for hydroxylation is 1. The van der Waals surface area contributed by atoms with Crippen molar-refractivity contribution in [2.24, 2.45) is 0 Å². The molecule has 0 saturated carbocycles. The Morgan fingerprint density at radius 1 is 1.16 bits per heavy atom. The number of hydrogen-bond donors (Lipinski definition) is 1. The highest BCUT2D eigenvalue weighted by Gasteiger charge is 2.15. The zero-order valence-electron chi connectivity index (χ0n) is 14.0. The Morgan fingerprint density at radius 2 is 1.88 bits per heavy atom. The number of nitrogens with zero attached hydrogens (tertiary/aromatic N) is 2. The summed E-state index contributed by atoms with van der Waals surface area (Å²) in [5, 5.41) is 3.00. The van der Waals surface area contributed by atoms with Crippen LogP contribution in [0.15, 0.2) is 67.1 Å². The topological polar surface area (TPSA) is 46.9 Å². The van der Waals surface area contributed by atoms with E-state index in [-0.39, 0.29) is 17.8 Å². The predicted octanol–water partition coefficient (Wildman–Crippen LogP) is 3.76. The fourth-order valence-electron chi connectivity index (χ4n) is 2.67. The maximum atomic E-state index is 13.1. The van der Waals surface area contributed by atoms with Gasteiger partial charge in [-0.05, 0) is 49.6 Å². The molecule has 0 aliphatic rings. The van der Waals surface area contributed by atoms with E-state index in [1.807, 2.05) is 25.1 Å². The van der Waals surface area contributed by atoms with Crippen LogP contribution in [0.2, 0.25) is 0 Å². The summed E-state index contributed by atoms with van der Waals surface area (Å²) in [6, 6.07) is 16.2. The summed E-state index contributed by atoms with van der Waals surface area (Å²) < 4.78 is 14.7. The summed E-state index contributed by atoms with van der Waals surface area (Å²) in [7, 11) is 0. The van der Waals surface area contributed by atoms with E-state index in [1.54, 1.807) is 23.0 Å². The van der Waals surface area contributed by atoms with Gasteiger partial charge in [0.25, 0.3) is 5.91 Å². The summed E-state index contributed by atoms with van der Waals surface area (Å²) in [4.78, 5) is 16.6. The molecular formula is C20H20FN3O. The van der Waals surface area contributed by atoms with E-state index in [2.05, 4.69) is 22.4 Å². The Morgan fingerprint density at radius 3 is 2.60 bits per heavy atom. The number of nitrogens with one attached hydrogen (secondary N) is 1. The number of rotatable bonds is 6. The van der Waals surface area contributed by atoms with Crippen molar-refractivity contribution < 1.29 is 9.18 Å². The first kappa shape index (κ1) is 16.9. The van der Waals surface area contributed by atoms with Gasteiger partial charge >= 0.3 is 0 Å². The van der Waals surface area contributed by atoms with Crippen LogP contribution in [0.5, 0.6) is 0 Å². The smallest absolute Gasteiger partial charge is 0.270 e. The molecule has 5 heteroatoms. The van der Waals surface area contributed by atoms with Gasteiger partial charge in [0.2, 0.25) is 0 Å². The molecule has 3 rings (SSSR count). The highest BCUT2D eigenvalue weighted by atomic mass is 19.1. The quantitative estimate of drug-likeness (QED) is 0.744. The van der Waals surface area contributed by atoms with Crippen LogP contribution in [0.25, 0.3) is 5.69 Å². The molecule has 3 aromatic rings. The minimum atomic E-state index is -0.315. The first-order valence-corrected chi connectivity index (χ1v) is 8.26. The van der Waals surface area contributed by atoms with Crippen LogP contribution in [-0.4, -0.2) is 21.5 Å². The SMILES string of the molecule is CC(CCc1ccccc1)NC(=O)c1cncn1-c1ccc(F)cc1. The third-order valence-corrected chi connectivity index (χ3v) is 4.06. The Balaban J connectivity index is 1.63. The maximum absolute atomic E-state index is 13.1. The van der Waals surface area contributed by atoms with Gasteiger partial charge in [-0.3, -0.25) is 9.36 Å². The van der Waals surface area contributed by atoms with Crippen molar-refractivity contribution >= 4 is 5.91 Å². The molecule has 0 saturated heterocycles. The Bertz CT molecular complexity index is 828. The third-order valence-electron chi connectivity index (χ3n) is 4.06. The lowest BCUT2D eigenvalue weighted by atomic mass is 10.1. The van der Waals surface area contributed by atoms with E-state index in [4.69, 9.17) is 0 Å². The van der Waals surface area contributed by atoms with E-state index in [1.165, 1.54) is 23.9 Å². The molecule has 1 amide bonds. The van der Waals surface area contributed by atoms with Gasteiger partial charge in [-0.1, -0.05) is 30.3 Å². The predicted molar refractivity (Wildman–Crippen MR) is 95.2 cm³/mol. The van der Waals surface area contributed by atoms with Crippen molar-refractivity contribution in [3.8, 4) is 5.69 Å². The maximum Gasteiger partial charge on any atom is 0.270 e. The summed E-state index contributed by atoms with van der Waals surface area (Å²) in [6.07, 6.45) is 4.82. The first-order valence-electron chi connectivity index (χ1n) is 8.26. The molecule has 0 bridgehead atoms. The normalized spacial score (nSPS) is 11.9. The molecule has 0 radical (unpaired) electrons. The number of carbonyl (C=O) groups is 1. The van der Waals surface area contributed by atoms with E-state index in [0.29, 0.717) is 11.4 Å².